The second kappa shape index (κ2) is 6.36. The number of nitrogens with one attached hydrogen (secondary N) is 1. The Morgan fingerprint density at radius 1 is 1.17 bits per heavy atom. The average Bonchev–Trinajstić information content (AvgIpc) is 2.96. The summed E-state index contributed by atoms with van der Waals surface area (Å²) < 4.78 is 0. The molecule has 0 bridgehead atoms. The summed E-state index contributed by atoms with van der Waals surface area (Å²) >= 11 is 1.72. The van der Waals surface area contributed by atoms with E-state index in [0.29, 0.717) is 11.9 Å². The maximum atomic E-state index is 5.90. The van der Waals surface area contributed by atoms with E-state index in [1.165, 1.54) is 43.4 Å². The van der Waals surface area contributed by atoms with E-state index in [1.807, 2.05) is 18.2 Å². The molecular formula is C18H21N5S. The summed E-state index contributed by atoms with van der Waals surface area (Å²) in [5.74, 6) is 0.515. The van der Waals surface area contributed by atoms with Gasteiger partial charge in [-0.25, -0.2) is 15.0 Å². The van der Waals surface area contributed by atoms with Crippen LogP contribution in [0, 0.1) is 6.92 Å². The number of nitrogen functional groups attached to an aromatic ring is 1. The molecule has 2 heterocycles. The zero-order valence-corrected chi connectivity index (χ0v) is 14.6. The first-order chi connectivity index (χ1) is 11.7. The minimum Gasteiger partial charge on any atom is -0.383 e. The molecule has 0 atom stereocenters. The predicted molar refractivity (Wildman–Crippen MR) is 100 cm³/mol. The van der Waals surface area contributed by atoms with Crippen LogP contribution in [0.1, 0.15) is 37.8 Å². The summed E-state index contributed by atoms with van der Waals surface area (Å²) in [4.78, 5) is 13.1. The number of nitrogens with two attached hydrogens (primary N) is 1. The lowest BCUT2D eigenvalue weighted by Crippen LogP contribution is -2.21. The molecule has 2 aromatic heterocycles. The fraction of sp³-hybridized carbons (Fsp3) is 0.389. The predicted octanol–water partition coefficient (Wildman–Crippen LogP) is 4.39. The van der Waals surface area contributed by atoms with Gasteiger partial charge in [-0.3, -0.25) is 0 Å². The molecule has 1 aliphatic carbocycles. The van der Waals surface area contributed by atoms with Crippen molar-refractivity contribution in [3.05, 3.63) is 30.2 Å². The van der Waals surface area contributed by atoms with Gasteiger partial charge in [0.2, 0.25) is 0 Å². The Labute approximate surface area is 145 Å². The first-order valence-corrected chi connectivity index (χ1v) is 9.27. The standard InChI is InChI=1S/C18H21N5S/c1-11-17(23-13-5-3-2-4-6-13)24-18(22-11)12-7-8-14-15(9-12)20-10-21-16(14)19/h7-10,13,23H,2-6H2,1H3,(H2,19,20,21). The van der Waals surface area contributed by atoms with Gasteiger partial charge < -0.3 is 11.1 Å². The highest BCUT2D eigenvalue weighted by Crippen LogP contribution is 2.35. The number of aromatic nitrogens is 3. The van der Waals surface area contributed by atoms with Crippen LogP contribution in [0.15, 0.2) is 24.5 Å². The van der Waals surface area contributed by atoms with Gasteiger partial charge in [-0.15, -0.1) is 0 Å². The molecule has 1 aromatic carbocycles. The zero-order valence-electron chi connectivity index (χ0n) is 13.7. The number of benzene rings is 1. The molecule has 1 fully saturated rings. The lowest BCUT2D eigenvalue weighted by molar-refractivity contribution is 0.463. The molecule has 0 spiro atoms. The Balaban J connectivity index is 1.63. The highest BCUT2D eigenvalue weighted by atomic mass is 32.1. The number of hydrogen-bond donors (Lipinski definition) is 2. The van der Waals surface area contributed by atoms with Crippen LogP contribution in [0.5, 0.6) is 0 Å². The van der Waals surface area contributed by atoms with Crippen molar-refractivity contribution in [1.82, 2.24) is 15.0 Å². The summed E-state index contributed by atoms with van der Waals surface area (Å²) in [6.07, 6.45) is 8.05. The van der Waals surface area contributed by atoms with Crippen LogP contribution in [0.3, 0.4) is 0 Å². The largest absolute Gasteiger partial charge is 0.383 e. The van der Waals surface area contributed by atoms with E-state index in [0.717, 1.165) is 27.2 Å². The van der Waals surface area contributed by atoms with Gasteiger partial charge >= 0.3 is 0 Å². The summed E-state index contributed by atoms with van der Waals surface area (Å²) in [6, 6.07) is 6.65. The van der Waals surface area contributed by atoms with E-state index >= 15 is 0 Å². The average molecular weight is 339 g/mol. The molecule has 3 N–H and O–H groups in total. The molecule has 4 rings (SSSR count). The van der Waals surface area contributed by atoms with Gasteiger partial charge in [0.25, 0.3) is 0 Å². The van der Waals surface area contributed by atoms with Crippen LogP contribution in [-0.4, -0.2) is 21.0 Å². The molecule has 124 valence electrons. The van der Waals surface area contributed by atoms with Crippen molar-refractivity contribution in [1.29, 1.82) is 0 Å². The van der Waals surface area contributed by atoms with Gasteiger partial charge in [0, 0.05) is 17.0 Å². The van der Waals surface area contributed by atoms with E-state index in [-0.39, 0.29) is 0 Å². The number of rotatable bonds is 3. The first kappa shape index (κ1) is 15.3. The number of thiazole rings is 1. The minimum absolute atomic E-state index is 0.515. The van der Waals surface area contributed by atoms with E-state index in [2.05, 4.69) is 22.2 Å². The quantitative estimate of drug-likeness (QED) is 0.740. The molecule has 5 nitrogen and oxygen atoms in total. The number of nitrogens with zero attached hydrogens (tertiary/aromatic N) is 3. The van der Waals surface area contributed by atoms with Crippen molar-refractivity contribution >= 4 is 33.1 Å². The van der Waals surface area contributed by atoms with E-state index in [4.69, 9.17) is 10.7 Å². The van der Waals surface area contributed by atoms with Crippen molar-refractivity contribution in [2.24, 2.45) is 0 Å². The Morgan fingerprint density at radius 3 is 2.83 bits per heavy atom. The lowest BCUT2D eigenvalue weighted by atomic mass is 9.96. The number of aryl methyl sites for hydroxylation is 1. The Hall–Kier alpha value is -2.21. The van der Waals surface area contributed by atoms with Crippen LogP contribution in [0.2, 0.25) is 0 Å². The van der Waals surface area contributed by atoms with E-state index in [9.17, 15) is 0 Å². The molecule has 6 heteroatoms. The second-order valence-corrected chi connectivity index (χ2v) is 7.40. The Bertz CT molecular complexity index is 867. The number of anilines is 2. The highest BCUT2D eigenvalue weighted by molar-refractivity contribution is 7.19. The van der Waals surface area contributed by atoms with Crippen LogP contribution < -0.4 is 11.1 Å². The lowest BCUT2D eigenvalue weighted by Gasteiger charge is -2.23. The topological polar surface area (TPSA) is 76.7 Å². The Morgan fingerprint density at radius 2 is 2.00 bits per heavy atom. The molecule has 1 aliphatic rings. The fourth-order valence-electron chi connectivity index (χ4n) is 3.30. The third-order valence-corrected chi connectivity index (χ3v) is 5.79. The van der Waals surface area contributed by atoms with Gasteiger partial charge in [-0.1, -0.05) is 36.7 Å². The molecule has 3 aromatic rings. The van der Waals surface area contributed by atoms with Gasteiger partial charge in [-0.2, -0.15) is 0 Å². The minimum atomic E-state index is 0.515. The molecule has 1 saturated carbocycles. The summed E-state index contributed by atoms with van der Waals surface area (Å²) in [7, 11) is 0. The van der Waals surface area contributed by atoms with Gasteiger partial charge in [0.05, 0.1) is 11.2 Å². The maximum Gasteiger partial charge on any atom is 0.134 e. The smallest absolute Gasteiger partial charge is 0.134 e. The van der Waals surface area contributed by atoms with Crippen LogP contribution in [0.4, 0.5) is 10.8 Å². The van der Waals surface area contributed by atoms with Crippen LogP contribution in [0.25, 0.3) is 21.5 Å². The first-order valence-electron chi connectivity index (χ1n) is 8.45. The maximum absolute atomic E-state index is 5.90. The third-order valence-electron chi connectivity index (χ3n) is 4.65. The van der Waals surface area contributed by atoms with Gasteiger partial charge in [0.15, 0.2) is 0 Å². The SMILES string of the molecule is Cc1nc(-c2ccc3c(N)ncnc3c2)sc1NC1CCCCC1. The van der Waals surface area contributed by atoms with Crippen molar-refractivity contribution in [2.45, 2.75) is 45.1 Å². The molecule has 0 aliphatic heterocycles. The third kappa shape index (κ3) is 2.94. The molecule has 0 unspecified atom stereocenters. The van der Waals surface area contributed by atoms with Crippen LogP contribution >= 0.6 is 11.3 Å². The summed E-state index contributed by atoms with van der Waals surface area (Å²) in [5, 5.41) is 6.79. The fourth-order valence-corrected chi connectivity index (χ4v) is 4.34. The summed E-state index contributed by atoms with van der Waals surface area (Å²) in [5.41, 5.74) is 8.91. The summed E-state index contributed by atoms with van der Waals surface area (Å²) in [6.45, 7) is 2.08. The highest BCUT2D eigenvalue weighted by Gasteiger charge is 2.17. The molecule has 24 heavy (non-hydrogen) atoms. The van der Waals surface area contributed by atoms with Crippen LogP contribution in [-0.2, 0) is 0 Å². The second-order valence-electron chi connectivity index (χ2n) is 6.40. The van der Waals surface area contributed by atoms with Crippen molar-refractivity contribution in [3.63, 3.8) is 0 Å². The van der Waals surface area contributed by atoms with Gasteiger partial charge in [-0.05, 0) is 31.9 Å². The van der Waals surface area contributed by atoms with Crippen molar-refractivity contribution in [3.8, 4) is 10.6 Å². The van der Waals surface area contributed by atoms with Crippen molar-refractivity contribution < 1.29 is 0 Å². The monoisotopic (exact) mass is 339 g/mol. The van der Waals surface area contributed by atoms with E-state index in [1.54, 1.807) is 11.3 Å². The van der Waals surface area contributed by atoms with Gasteiger partial charge in [0.1, 0.15) is 22.2 Å². The molecule has 0 saturated heterocycles. The molecule has 0 amide bonds. The zero-order chi connectivity index (χ0) is 16.5. The Kier molecular flexibility index (Phi) is 4.06. The normalized spacial score (nSPS) is 15.7. The van der Waals surface area contributed by atoms with E-state index < -0.39 is 0 Å². The van der Waals surface area contributed by atoms with Crippen molar-refractivity contribution in [2.75, 3.05) is 11.1 Å². The number of fused-ring (bicyclic) bond motifs is 1. The molecule has 0 radical (unpaired) electrons. The molecular weight excluding hydrogens is 318 g/mol. The number of hydrogen-bond acceptors (Lipinski definition) is 6.